The molecular formula is C19H15FN2O2S2. The van der Waals surface area contributed by atoms with Gasteiger partial charge in [-0.1, -0.05) is 54.3 Å². The van der Waals surface area contributed by atoms with E-state index in [2.05, 4.69) is 5.32 Å². The predicted molar refractivity (Wildman–Crippen MR) is 106 cm³/mol. The summed E-state index contributed by atoms with van der Waals surface area (Å²) in [6.45, 7) is 0.212. The first-order valence-electron chi connectivity index (χ1n) is 7.89. The standard InChI is InChI=1S/C19H15FN2O2S2/c20-14-8-6-13(7-9-14)12-16-18(24)22(19(25)26-16)11-10-17(23)21-15-4-2-1-3-5-15/h1-9,12H,10-11H2,(H,21,23)/b16-12-. The van der Waals surface area contributed by atoms with Crippen LogP contribution >= 0.6 is 24.0 Å². The van der Waals surface area contributed by atoms with Crippen molar-refractivity contribution in [2.24, 2.45) is 0 Å². The summed E-state index contributed by atoms with van der Waals surface area (Å²) in [5, 5.41) is 2.77. The van der Waals surface area contributed by atoms with E-state index in [9.17, 15) is 14.0 Å². The number of carbonyl (C=O) groups is 2. The van der Waals surface area contributed by atoms with Crippen LogP contribution in [0.5, 0.6) is 0 Å². The summed E-state index contributed by atoms with van der Waals surface area (Å²) in [4.78, 5) is 26.4. The Morgan fingerprint density at radius 2 is 1.85 bits per heavy atom. The van der Waals surface area contributed by atoms with Gasteiger partial charge in [0.2, 0.25) is 5.91 Å². The number of hydrogen-bond acceptors (Lipinski definition) is 4. The summed E-state index contributed by atoms with van der Waals surface area (Å²) in [5.74, 6) is -0.760. The van der Waals surface area contributed by atoms with Crippen molar-refractivity contribution in [3.05, 3.63) is 70.9 Å². The Morgan fingerprint density at radius 1 is 1.15 bits per heavy atom. The largest absolute Gasteiger partial charge is 0.326 e. The number of amides is 2. The first kappa shape index (κ1) is 18.3. The lowest BCUT2D eigenvalue weighted by atomic mass is 10.2. The Bertz CT molecular complexity index is 867. The van der Waals surface area contributed by atoms with E-state index in [0.29, 0.717) is 20.5 Å². The lowest BCUT2D eigenvalue weighted by Crippen LogP contribution is -2.31. The molecule has 0 radical (unpaired) electrons. The van der Waals surface area contributed by atoms with Gasteiger partial charge < -0.3 is 5.32 Å². The molecule has 0 aromatic heterocycles. The summed E-state index contributed by atoms with van der Waals surface area (Å²) in [6.07, 6.45) is 1.81. The molecule has 1 aliphatic heterocycles. The molecule has 2 amide bonds. The average Bonchev–Trinajstić information content (AvgIpc) is 2.89. The average molecular weight is 386 g/mol. The second kappa shape index (κ2) is 8.25. The van der Waals surface area contributed by atoms with E-state index in [1.807, 2.05) is 18.2 Å². The minimum absolute atomic E-state index is 0.144. The van der Waals surface area contributed by atoms with Crippen LogP contribution in [0.2, 0.25) is 0 Å². The van der Waals surface area contributed by atoms with Crippen LogP contribution in [0.3, 0.4) is 0 Å². The highest BCUT2D eigenvalue weighted by Gasteiger charge is 2.32. The van der Waals surface area contributed by atoms with Gasteiger partial charge in [-0.2, -0.15) is 0 Å². The molecule has 132 valence electrons. The van der Waals surface area contributed by atoms with Crippen LogP contribution in [0, 0.1) is 5.82 Å². The molecule has 2 aromatic carbocycles. The second-order valence-electron chi connectivity index (χ2n) is 5.55. The zero-order valence-corrected chi connectivity index (χ0v) is 15.3. The lowest BCUT2D eigenvalue weighted by molar-refractivity contribution is -0.122. The van der Waals surface area contributed by atoms with E-state index >= 15 is 0 Å². The number of nitrogens with one attached hydrogen (secondary N) is 1. The monoisotopic (exact) mass is 386 g/mol. The molecule has 0 aliphatic carbocycles. The molecule has 2 aromatic rings. The van der Waals surface area contributed by atoms with Gasteiger partial charge in [0.15, 0.2) is 0 Å². The zero-order valence-electron chi connectivity index (χ0n) is 13.6. The summed E-state index contributed by atoms with van der Waals surface area (Å²) in [7, 11) is 0. The van der Waals surface area contributed by atoms with Gasteiger partial charge in [0.05, 0.1) is 4.91 Å². The summed E-state index contributed by atoms with van der Waals surface area (Å²) < 4.78 is 13.4. The van der Waals surface area contributed by atoms with Crippen molar-refractivity contribution in [1.29, 1.82) is 0 Å². The van der Waals surface area contributed by atoms with E-state index in [4.69, 9.17) is 12.2 Å². The Hall–Kier alpha value is -2.51. The summed E-state index contributed by atoms with van der Waals surface area (Å²) >= 11 is 6.43. The Balaban J connectivity index is 1.60. The number of para-hydroxylation sites is 1. The van der Waals surface area contributed by atoms with Crippen molar-refractivity contribution in [3.8, 4) is 0 Å². The quantitative estimate of drug-likeness (QED) is 0.622. The van der Waals surface area contributed by atoms with Crippen molar-refractivity contribution < 1.29 is 14.0 Å². The van der Waals surface area contributed by atoms with Crippen molar-refractivity contribution >= 4 is 51.9 Å². The SMILES string of the molecule is O=C(CCN1C(=O)/C(=C/c2ccc(F)cc2)SC1=S)Nc1ccccc1. The third-order valence-electron chi connectivity index (χ3n) is 3.66. The molecule has 0 spiro atoms. The molecule has 7 heteroatoms. The van der Waals surface area contributed by atoms with Gasteiger partial charge in [-0.3, -0.25) is 14.5 Å². The van der Waals surface area contributed by atoms with Gasteiger partial charge in [-0.25, -0.2) is 4.39 Å². The van der Waals surface area contributed by atoms with Crippen molar-refractivity contribution in [2.75, 3.05) is 11.9 Å². The van der Waals surface area contributed by atoms with Crippen LogP contribution in [-0.4, -0.2) is 27.6 Å². The highest BCUT2D eigenvalue weighted by Crippen LogP contribution is 2.32. The van der Waals surface area contributed by atoms with E-state index < -0.39 is 0 Å². The van der Waals surface area contributed by atoms with Gasteiger partial charge in [-0.15, -0.1) is 0 Å². The van der Waals surface area contributed by atoms with Gasteiger partial charge in [0.25, 0.3) is 5.91 Å². The van der Waals surface area contributed by atoms with E-state index in [1.54, 1.807) is 30.3 Å². The molecule has 0 atom stereocenters. The maximum absolute atomic E-state index is 13.0. The number of benzene rings is 2. The molecule has 0 bridgehead atoms. The highest BCUT2D eigenvalue weighted by atomic mass is 32.2. The third kappa shape index (κ3) is 4.56. The van der Waals surface area contributed by atoms with E-state index in [0.717, 1.165) is 0 Å². The first-order chi connectivity index (χ1) is 12.5. The van der Waals surface area contributed by atoms with E-state index in [1.165, 1.54) is 28.8 Å². The minimum Gasteiger partial charge on any atom is -0.326 e. The fraction of sp³-hybridized carbons (Fsp3) is 0.105. The maximum Gasteiger partial charge on any atom is 0.266 e. The fourth-order valence-corrected chi connectivity index (χ4v) is 3.67. The first-order valence-corrected chi connectivity index (χ1v) is 9.11. The topological polar surface area (TPSA) is 49.4 Å². The Labute approximate surface area is 160 Å². The summed E-state index contributed by atoms with van der Waals surface area (Å²) in [6, 6.07) is 15.0. The minimum atomic E-state index is -0.334. The van der Waals surface area contributed by atoms with E-state index in [-0.39, 0.29) is 30.6 Å². The molecule has 1 N–H and O–H groups in total. The number of carbonyl (C=O) groups excluding carboxylic acids is 2. The molecular weight excluding hydrogens is 371 g/mol. The third-order valence-corrected chi connectivity index (χ3v) is 5.04. The maximum atomic E-state index is 13.0. The molecule has 4 nitrogen and oxygen atoms in total. The number of anilines is 1. The second-order valence-corrected chi connectivity index (χ2v) is 7.22. The van der Waals surface area contributed by atoms with Crippen LogP contribution < -0.4 is 5.32 Å². The predicted octanol–water partition coefficient (Wildman–Crippen LogP) is 4.06. The highest BCUT2D eigenvalue weighted by molar-refractivity contribution is 8.26. The van der Waals surface area contributed by atoms with Gasteiger partial charge in [0, 0.05) is 18.7 Å². The van der Waals surface area contributed by atoms with Crippen LogP contribution in [0.1, 0.15) is 12.0 Å². The van der Waals surface area contributed by atoms with Crippen molar-refractivity contribution in [1.82, 2.24) is 4.90 Å². The van der Waals surface area contributed by atoms with Gasteiger partial charge >= 0.3 is 0 Å². The number of thioether (sulfide) groups is 1. The number of hydrogen-bond donors (Lipinski definition) is 1. The number of halogens is 1. The molecule has 1 aliphatic rings. The molecule has 1 saturated heterocycles. The van der Waals surface area contributed by atoms with Crippen molar-refractivity contribution in [3.63, 3.8) is 0 Å². The normalized spacial score (nSPS) is 15.6. The van der Waals surface area contributed by atoms with Gasteiger partial charge in [0.1, 0.15) is 10.1 Å². The zero-order chi connectivity index (χ0) is 18.5. The van der Waals surface area contributed by atoms with Gasteiger partial charge in [-0.05, 0) is 35.9 Å². The number of nitrogens with zero attached hydrogens (tertiary/aromatic N) is 1. The molecule has 26 heavy (non-hydrogen) atoms. The Kier molecular flexibility index (Phi) is 5.80. The fourth-order valence-electron chi connectivity index (χ4n) is 2.36. The lowest BCUT2D eigenvalue weighted by Gasteiger charge is -2.14. The molecule has 1 heterocycles. The molecule has 0 unspecified atom stereocenters. The molecule has 1 fully saturated rings. The Morgan fingerprint density at radius 3 is 2.54 bits per heavy atom. The van der Waals surface area contributed by atoms with Crippen molar-refractivity contribution in [2.45, 2.75) is 6.42 Å². The van der Waals surface area contributed by atoms with Crippen LogP contribution in [0.4, 0.5) is 10.1 Å². The smallest absolute Gasteiger partial charge is 0.266 e. The van der Waals surface area contributed by atoms with Crippen LogP contribution in [0.25, 0.3) is 6.08 Å². The molecule has 3 rings (SSSR count). The molecule has 0 saturated carbocycles. The van der Waals surface area contributed by atoms with Crippen LogP contribution in [0.15, 0.2) is 59.5 Å². The number of rotatable bonds is 5. The van der Waals surface area contributed by atoms with Crippen LogP contribution in [-0.2, 0) is 9.59 Å². The number of thiocarbonyl (C=S) groups is 1. The summed E-state index contributed by atoms with van der Waals surface area (Å²) in [5.41, 5.74) is 1.42.